The zero-order valence-corrected chi connectivity index (χ0v) is 8.90. The van der Waals surface area contributed by atoms with E-state index in [9.17, 15) is 0 Å². The summed E-state index contributed by atoms with van der Waals surface area (Å²) >= 11 is 0. The topological polar surface area (TPSA) is 21.3 Å². The van der Waals surface area contributed by atoms with Gasteiger partial charge in [0.15, 0.2) is 0 Å². The molecule has 2 heteroatoms. The molecule has 1 N–H and O–H groups in total. The van der Waals surface area contributed by atoms with Crippen LogP contribution in [0, 0.1) is 17.8 Å². The molecule has 0 unspecified atom stereocenters. The number of hydrogen-bond donors (Lipinski definition) is 1. The third-order valence-corrected chi connectivity index (χ3v) is 0.882. The highest BCUT2D eigenvalue weighted by Crippen LogP contribution is 2.09. The molecule has 0 saturated heterocycles. The number of methoxy groups -OCH3 is 1. The maximum atomic E-state index is 5.05. The summed E-state index contributed by atoms with van der Waals surface area (Å²) < 4.78 is 4.25. The molecular weight excluding hydrogens is 150 g/mol. The Morgan fingerprint density at radius 1 is 1.33 bits per heavy atom. The van der Waals surface area contributed by atoms with Crippen LogP contribution in [0.15, 0.2) is 0 Å². The van der Waals surface area contributed by atoms with Crippen LogP contribution in [0.4, 0.5) is 0 Å². The predicted octanol–water partition coefficient (Wildman–Crippen LogP) is 1.52. The fraction of sp³-hybridized carbons (Fsp3) is 0.800. The van der Waals surface area contributed by atoms with Crippen molar-refractivity contribution in [2.75, 3.05) is 27.3 Å². The number of nitrogens with one attached hydrogen (secondary N) is 1. The maximum Gasteiger partial charge on any atom is 0.0574 e. The maximum absolute atomic E-state index is 5.05. The van der Waals surface area contributed by atoms with Crippen LogP contribution in [-0.4, -0.2) is 27.3 Å². The van der Waals surface area contributed by atoms with E-state index in [1.165, 1.54) is 0 Å². The highest BCUT2D eigenvalue weighted by Gasteiger charge is 2.07. The van der Waals surface area contributed by atoms with Crippen molar-refractivity contribution >= 4 is 0 Å². The van der Waals surface area contributed by atoms with Crippen molar-refractivity contribution in [3.63, 3.8) is 0 Å². The summed E-state index contributed by atoms with van der Waals surface area (Å²) in [4.78, 5) is 0. The smallest absolute Gasteiger partial charge is 0.0574 e. The van der Waals surface area contributed by atoms with Crippen molar-refractivity contribution in [3.05, 3.63) is 0 Å². The van der Waals surface area contributed by atoms with Gasteiger partial charge in [0.1, 0.15) is 0 Å². The Labute approximate surface area is 76.7 Å². The van der Waals surface area contributed by atoms with Crippen molar-refractivity contribution in [1.82, 2.24) is 5.32 Å². The molecular formula is C10H21NO. The van der Waals surface area contributed by atoms with E-state index in [1.807, 2.05) is 0 Å². The Morgan fingerprint density at radius 3 is 2.00 bits per heavy atom. The predicted molar refractivity (Wildman–Crippen MR) is 54.1 cm³/mol. The molecule has 0 spiro atoms. The first kappa shape index (κ1) is 14.0. The molecule has 0 aliphatic heterocycles. The van der Waals surface area contributed by atoms with Crippen LogP contribution in [0.3, 0.4) is 0 Å². The first-order chi connectivity index (χ1) is 5.47. The fourth-order valence-electron chi connectivity index (χ4n) is 0.510. The second-order valence-electron chi connectivity index (χ2n) is 3.78. The standard InChI is InChI=1S/C8H15N.C2H6O/c1-5-6-9-7-8(2,3)4;1-3-2/h1,9H,6-7H2,2-4H3;1-2H3. The first-order valence-electron chi connectivity index (χ1n) is 4.02. The monoisotopic (exact) mass is 171 g/mol. The third kappa shape index (κ3) is 22.7. The Morgan fingerprint density at radius 2 is 1.75 bits per heavy atom. The van der Waals surface area contributed by atoms with Gasteiger partial charge in [-0.2, -0.15) is 0 Å². The number of hydrogen-bond acceptors (Lipinski definition) is 2. The minimum absolute atomic E-state index is 0.344. The minimum atomic E-state index is 0.344. The van der Waals surface area contributed by atoms with E-state index in [2.05, 4.69) is 36.7 Å². The summed E-state index contributed by atoms with van der Waals surface area (Å²) in [5.74, 6) is 2.53. The lowest BCUT2D eigenvalue weighted by Crippen LogP contribution is -2.26. The molecule has 72 valence electrons. The molecule has 0 heterocycles. The van der Waals surface area contributed by atoms with E-state index in [0.717, 1.165) is 6.54 Å². The van der Waals surface area contributed by atoms with Crippen molar-refractivity contribution in [3.8, 4) is 12.3 Å². The summed E-state index contributed by atoms with van der Waals surface area (Å²) in [5.41, 5.74) is 0.344. The molecule has 0 aliphatic carbocycles. The van der Waals surface area contributed by atoms with Gasteiger partial charge in [0.05, 0.1) is 6.54 Å². The third-order valence-electron chi connectivity index (χ3n) is 0.882. The Kier molecular flexibility index (Phi) is 10.0. The molecule has 2 nitrogen and oxygen atoms in total. The summed E-state index contributed by atoms with van der Waals surface area (Å²) in [5, 5.41) is 3.14. The van der Waals surface area contributed by atoms with Crippen molar-refractivity contribution < 1.29 is 4.74 Å². The summed E-state index contributed by atoms with van der Waals surface area (Å²) in [6, 6.07) is 0. The summed E-state index contributed by atoms with van der Waals surface area (Å²) in [7, 11) is 3.25. The van der Waals surface area contributed by atoms with E-state index in [1.54, 1.807) is 14.2 Å². The normalized spacial score (nSPS) is 9.67. The van der Waals surface area contributed by atoms with Gasteiger partial charge in [0.2, 0.25) is 0 Å². The molecule has 0 aliphatic rings. The number of rotatable bonds is 2. The van der Waals surface area contributed by atoms with Crippen molar-refractivity contribution in [2.24, 2.45) is 5.41 Å². The molecule has 0 atom stereocenters. The van der Waals surface area contributed by atoms with E-state index < -0.39 is 0 Å². The Hall–Kier alpha value is -0.520. The zero-order chi connectivity index (χ0) is 10.0. The van der Waals surface area contributed by atoms with Gasteiger partial charge in [-0.25, -0.2) is 0 Å². The lowest BCUT2D eigenvalue weighted by Gasteiger charge is -2.17. The molecule has 12 heavy (non-hydrogen) atoms. The molecule has 0 saturated carbocycles. The van der Waals surface area contributed by atoms with Gasteiger partial charge in [-0.05, 0) is 5.41 Å². The molecule has 0 radical (unpaired) electrons. The lowest BCUT2D eigenvalue weighted by molar-refractivity contribution is 0.277. The van der Waals surface area contributed by atoms with Crippen LogP contribution in [0.2, 0.25) is 0 Å². The average molecular weight is 171 g/mol. The minimum Gasteiger partial charge on any atom is -0.388 e. The summed E-state index contributed by atoms with van der Waals surface area (Å²) in [6.45, 7) is 8.19. The van der Waals surface area contributed by atoms with Gasteiger partial charge >= 0.3 is 0 Å². The molecule has 0 aromatic carbocycles. The molecule has 0 bridgehead atoms. The highest BCUT2D eigenvalue weighted by molar-refractivity contribution is 4.87. The van der Waals surface area contributed by atoms with Crippen LogP contribution in [0.1, 0.15) is 20.8 Å². The van der Waals surface area contributed by atoms with Crippen LogP contribution in [0.5, 0.6) is 0 Å². The van der Waals surface area contributed by atoms with Gasteiger partial charge in [0.25, 0.3) is 0 Å². The quantitative estimate of drug-likeness (QED) is 0.502. The van der Waals surface area contributed by atoms with Gasteiger partial charge in [0, 0.05) is 20.8 Å². The van der Waals surface area contributed by atoms with Gasteiger partial charge in [-0.1, -0.05) is 26.7 Å². The number of ether oxygens (including phenoxy) is 1. The first-order valence-corrected chi connectivity index (χ1v) is 4.02. The van der Waals surface area contributed by atoms with E-state index in [0.29, 0.717) is 12.0 Å². The SMILES string of the molecule is C#CCNCC(C)(C)C.COC. The van der Waals surface area contributed by atoms with Gasteiger partial charge in [-0.3, -0.25) is 0 Å². The Balaban J connectivity index is 0. The van der Waals surface area contributed by atoms with Crippen LogP contribution in [-0.2, 0) is 4.74 Å². The van der Waals surface area contributed by atoms with E-state index >= 15 is 0 Å². The highest BCUT2D eigenvalue weighted by atomic mass is 16.4. The van der Waals surface area contributed by atoms with Crippen LogP contribution >= 0.6 is 0 Å². The lowest BCUT2D eigenvalue weighted by atomic mass is 9.97. The summed E-state index contributed by atoms with van der Waals surface area (Å²) in [6.07, 6.45) is 5.05. The Bertz CT molecular complexity index is 119. The van der Waals surface area contributed by atoms with E-state index in [4.69, 9.17) is 6.42 Å². The van der Waals surface area contributed by atoms with Crippen LogP contribution < -0.4 is 5.32 Å². The van der Waals surface area contributed by atoms with Crippen molar-refractivity contribution in [1.29, 1.82) is 0 Å². The molecule has 0 rings (SSSR count). The molecule has 0 amide bonds. The molecule has 0 aromatic rings. The van der Waals surface area contributed by atoms with Gasteiger partial charge in [-0.15, -0.1) is 6.42 Å². The van der Waals surface area contributed by atoms with Crippen molar-refractivity contribution in [2.45, 2.75) is 20.8 Å². The second-order valence-corrected chi connectivity index (χ2v) is 3.78. The zero-order valence-electron chi connectivity index (χ0n) is 8.90. The average Bonchev–Trinajstić information content (AvgIpc) is 1.87. The second kappa shape index (κ2) is 8.58. The number of terminal acetylenes is 1. The van der Waals surface area contributed by atoms with E-state index in [-0.39, 0.29) is 0 Å². The van der Waals surface area contributed by atoms with Gasteiger partial charge < -0.3 is 10.1 Å². The fourth-order valence-corrected chi connectivity index (χ4v) is 0.510. The molecule has 0 fully saturated rings. The molecule has 0 aromatic heterocycles. The largest absolute Gasteiger partial charge is 0.388 e. The van der Waals surface area contributed by atoms with Crippen LogP contribution in [0.25, 0.3) is 0 Å².